The smallest absolute Gasteiger partial charge is 0.319 e. The molecule has 6 nitrogen and oxygen atoms in total. The first kappa shape index (κ1) is 14.7. The molecule has 0 spiro atoms. The third kappa shape index (κ3) is 3.88. The highest BCUT2D eigenvalue weighted by Gasteiger charge is 2.29. The van der Waals surface area contributed by atoms with Gasteiger partial charge in [0.05, 0.1) is 5.75 Å². The van der Waals surface area contributed by atoms with Crippen LogP contribution in [0, 0.1) is 0 Å². The quantitative estimate of drug-likeness (QED) is 0.893. The Kier molecular flexibility index (Phi) is 4.86. The number of halogens is 1. The van der Waals surface area contributed by atoms with Gasteiger partial charge < -0.3 is 10.6 Å². The molecule has 0 atom stereocenters. The summed E-state index contributed by atoms with van der Waals surface area (Å²) in [5.41, 5.74) is 0.568. The fourth-order valence-corrected chi connectivity index (χ4v) is 2.56. The van der Waals surface area contributed by atoms with Crippen molar-refractivity contribution in [2.75, 3.05) is 24.2 Å². The number of thioether (sulfide) groups is 1. The molecule has 0 saturated carbocycles. The van der Waals surface area contributed by atoms with E-state index in [0.717, 1.165) is 16.7 Å². The number of imide groups is 1. The van der Waals surface area contributed by atoms with Crippen molar-refractivity contribution in [1.29, 1.82) is 0 Å². The van der Waals surface area contributed by atoms with Crippen molar-refractivity contribution in [3.05, 3.63) is 29.3 Å². The van der Waals surface area contributed by atoms with Gasteiger partial charge in [0, 0.05) is 23.8 Å². The zero-order valence-electron chi connectivity index (χ0n) is 10.4. The summed E-state index contributed by atoms with van der Waals surface area (Å²) in [6, 6.07) is 6.32. The molecule has 0 unspecified atom stereocenters. The predicted molar refractivity (Wildman–Crippen MR) is 78.0 cm³/mol. The average Bonchev–Trinajstić information content (AvgIpc) is 2.70. The van der Waals surface area contributed by atoms with Gasteiger partial charge in [0.25, 0.3) is 5.24 Å². The van der Waals surface area contributed by atoms with Crippen LogP contribution in [-0.2, 0) is 4.79 Å². The first-order valence-electron chi connectivity index (χ1n) is 5.84. The van der Waals surface area contributed by atoms with Crippen LogP contribution in [0.25, 0.3) is 0 Å². The number of nitrogens with zero attached hydrogens (tertiary/aromatic N) is 1. The summed E-state index contributed by atoms with van der Waals surface area (Å²) in [5, 5.41) is 5.42. The molecule has 1 aromatic carbocycles. The minimum atomic E-state index is -0.418. The molecular weight excluding hydrogens is 302 g/mol. The molecule has 2 N–H and O–H groups in total. The van der Waals surface area contributed by atoms with Gasteiger partial charge in [-0.3, -0.25) is 14.5 Å². The van der Waals surface area contributed by atoms with Crippen molar-refractivity contribution in [3.63, 3.8) is 0 Å². The molecule has 2 rings (SSSR count). The SMILES string of the molecule is O=C(NCCN1C(=O)CSC1=O)Nc1cccc(Cl)c1. The Balaban J connectivity index is 1.75. The van der Waals surface area contributed by atoms with E-state index in [-0.39, 0.29) is 30.0 Å². The Bertz CT molecular complexity index is 537. The number of urea groups is 1. The van der Waals surface area contributed by atoms with Gasteiger partial charge in [0.1, 0.15) is 0 Å². The Hall–Kier alpha value is -1.73. The lowest BCUT2D eigenvalue weighted by Crippen LogP contribution is -2.39. The number of nitrogens with one attached hydrogen (secondary N) is 2. The predicted octanol–water partition coefficient (Wildman–Crippen LogP) is 2.16. The van der Waals surface area contributed by atoms with E-state index in [1.807, 2.05) is 0 Å². The minimum Gasteiger partial charge on any atom is -0.336 e. The molecule has 8 heteroatoms. The van der Waals surface area contributed by atoms with Crippen molar-refractivity contribution in [2.24, 2.45) is 0 Å². The van der Waals surface area contributed by atoms with Gasteiger partial charge in [0.2, 0.25) is 5.91 Å². The normalized spacial score (nSPS) is 14.6. The minimum absolute atomic E-state index is 0.174. The van der Waals surface area contributed by atoms with Crippen LogP contribution < -0.4 is 10.6 Å². The second-order valence-corrected chi connectivity index (χ2v) is 5.35. The Morgan fingerprint density at radius 1 is 1.40 bits per heavy atom. The largest absolute Gasteiger partial charge is 0.336 e. The van der Waals surface area contributed by atoms with Crippen LogP contribution in [0.5, 0.6) is 0 Å². The molecule has 1 aliphatic heterocycles. The van der Waals surface area contributed by atoms with E-state index in [4.69, 9.17) is 11.6 Å². The van der Waals surface area contributed by atoms with Crippen LogP contribution in [0.3, 0.4) is 0 Å². The fraction of sp³-hybridized carbons (Fsp3) is 0.250. The van der Waals surface area contributed by atoms with E-state index in [2.05, 4.69) is 10.6 Å². The van der Waals surface area contributed by atoms with E-state index < -0.39 is 6.03 Å². The topological polar surface area (TPSA) is 78.5 Å². The molecule has 0 aliphatic carbocycles. The first-order chi connectivity index (χ1) is 9.56. The second kappa shape index (κ2) is 6.62. The van der Waals surface area contributed by atoms with Gasteiger partial charge >= 0.3 is 6.03 Å². The van der Waals surface area contributed by atoms with Crippen LogP contribution >= 0.6 is 23.4 Å². The number of hydrogen-bond acceptors (Lipinski definition) is 4. The highest BCUT2D eigenvalue weighted by Crippen LogP contribution is 2.17. The summed E-state index contributed by atoms with van der Waals surface area (Å²) in [7, 11) is 0. The number of hydrogen-bond donors (Lipinski definition) is 2. The van der Waals surface area contributed by atoms with Gasteiger partial charge in [-0.1, -0.05) is 29.4 Å². The lowest BCUT2D eigenvalue weighted by atomic mass is 10.3. The molecule has 1 aliphatic rings. The van der Waals surface area contributed by atoms with E-state index in [0.29, 0.717) is 10.7 Å². The lowest BCUT2D eigenvalue weighted by Gasteiger charge is -2.13. The highest BCUT2D eigenvalue weighted by atomic mass is 35.5. The van der Waals surface area contributed by atoms with E-state index in [9.17, 15) is 14.4 Å². The maximum atomic E-state index is 11.6. The highest BCUT2D eigenvalue weighted by molar-refractivity contribution is 8.14. The molecular formula is C12H12ClN3O3S. The number of rotatable bonds is 4. The van der Waals surface area contributed by atoms with Crippen LogP contribution in [0.15, 0.2) is 24.3 Å². The summed E-state index contributed by atoms with van der Waals surface area (Å²) >= 11 is 6.77. The lowest BCUT2D eigenvalue weighted by molar-refractivity contribution is -0.124. The number of benzene rings is 1. The zero-order valence-corrected chi connectivity index (χ0v) is 12.0. The Morgan fingerprint density at radius 3 is 2.85 bits per heavy atom. The monoisotopic (exact) mass is 313 g/mol. The molecule has 1 aromatic rings. The summed E-state index contributed by atoms with van der Waals surface area (Å²) in [6.45, 7) is 0.373. The van der Waals surface area contributed by atoms with Gasteiger partial charge in [-0.2, -0.15) is 0 Å². The molecule has 106 valence electrons. The number of carbonyl (C=O) groups excluding carboxylic acids is 3. The third-order valence-corrected chi connectivity index (χ3v) is 3.64. The molecule has 20 heavy (non-hydrogen) atoms. The summed E-state index contributed by atoms with van der Waals surface area (Å²) < 4.78 is 0. The van der Waals surface area contributed by atoms with E-state index >= 15 is 0 Å². The van der Waals surface area contributed by atoms with Crippen LogP contribution in [0.4, 0.5) is 15.3 Å². The molecule has 0 aromatic heterocycles. The van der Waals surface area contributed by atoms with Gasteiger partial charge in [-0.15, -0.1) is 0 Å². The van der Waals surface area contributed by atoms with E-state index in [1.54, 1.807) is 24.3 Å². The first-order valence-corrected chi connectivity index (χ1v) is 7.20. The van der Waals surface area contributed by atoms with Gasteiger partial charge in [-0.25, -0.2) is 4.79 Å². The zero-order chi connectivity index (χ0) is 14.5. The van der Waals surface area contributed by atoms with Gasteiger partial charge in [-0.05, 0) is 18.2 Å². The van der Waals surface area contributed by atoms with E-state index in [1.165, 1.54) is 0 Å². The van der Waals surface area contributed by atoms with Crippen molar-refractivity contribution in [1.82, 2.24) is 10.2 Å². The van der Waals surface area contributed by atoms with Crippen LogP contribution in [-0.4, -0.2) is 40.9 Å². The molecule has 1 saturated heterocycles. The van der Waals surface area contributed by atoms with Crippen LogP contribution in [0.2, 0.25) is 5.02 Å². The second-order valence-electron chi connectivity index (χ2n) is 3.99. The Morgan fingerprint density at radius 2 is 2.20 bits per heavy atom. The van der Waals surface area contributed by atoms with Crippen LogP contribution in [0.1, 0.15) is 0 Å². The number of amides is 4. The van der Waals surface area contributed by atoms with Crippen molar-refractivity contribution in [2.45, 2.75) is 0 Å². The van der Waals surface area contributed by atoms with Gasteiger partial charge in [0.15, 0.2) is 0 Å². The molecule has 0 radical (unpaired) electrons. The Labute approximate surface area is 124 Å². The molecule has 1 heterocycles. The molecule has 0 bridgehead atoms. The summed E-state index contributed by atoms with van der Waals surface area (Å²) in [6.07, 6.45) is 0. The average molecular weight is 314 g/mol. The fourth-order valence-electron chi connectivity index (χ4n) is 1.62. The summed E-state index contributed by atoms with van der Waals surface area (Å²) in [5.74, 6) is -0.0508. The van der Waals surface area contributed by atoms with Crippen molar-refractivity contribution < 1.29 is 14.4 Å². The van der Waals surface area contributed by atoms with Crippen molar-refractivity contribution in [3.8, 4) is 0 Å². The number of anilines is 1. The standard InChI is InChI=1S/C12H12ClN3O3S/c13-8-2-1-3-9(6-8)15-11(18)14-4-5-16-10(17)7-20-12(16)19/h1-3,6H,4-5,7H2,(H2,14,15,18). The molecule has 1 fully saturated rings. The maximum absolute atomic E-state index is 11.6. The summed E-state index contributed by atoms with van der Waals surface area (Å²) in [4.78, 5) is 35.4. The number of carbonyl (C=O) groups is 3. The van der Waals surface area contributed by atoms with Crippen molar-refractivity contribution >= 4 is 46.2 Å². The maximum Gasteiger partial charge on any atom is 0.319 e. The third-order valence-electron chi connectivity index (χ3n) is 2.54. The molecule has 4 amide bonds.